The third kappa shape index (κ3) is 4.70. The highest BCUT2D eigenvalue weighted by Gasteiger charge is 2.23. The van der Waals surface area contributed by atoms with Gasteiger partial charge in [-0.15, -0.1) is 0 Å². The number of nitrogens with one attached hydrogen (secondary N) is 2. The lowest BCUT2D eigenvalue weighted by molar-refractivity contribution is -0.117. The van der Waals surface area contributed by atoms with E-state index in [0.717, 1.165) is 6.42 Å². The van der Waals surface area contributed by atoms with Gasteiger partial charge in [0.1, 0.15) is 0 Å². The first-order chi connectivity index (χ1) is 15.2. The van der Waals surface area contributed by atoms with E-state index in [0.29, 0.717) is 18.7 Å². The summed E-state index contributed by atoms with van der Waals surface area (Å²) in [5.41, 5.74) is 0.842. The summed E-state index contributed by atoms with van der Waals surface area (Å²) in [6.45, 7) is 0.615. The van der Waals surface area contributed by atoms with Crippen LogP contribution in [-0.2, 0) is 24.8 Å². The number of carbonyl (C=O) groups excluding carboxylic acids is 1. The van der Waals surface area contributed by atoms with Crippen LogP contribution in [0.4, 0.5) is 17.3 Å². The second-order valence-corrected chi connectivity index (χ2v) is 10.3. The van der Waals surface area contributed by atoms with Gasteiger partial charge in [-0.25, -0.2) is 31.5 Å². The third-order valence-corrected chi connectivity index (χ3v) is 7.48. The molecule has 2 N–H and O–H groups in total. The summed E-state index contributed by atoms with van der Waals surface area (Å²) < 4.78 is 54.9. The molecule has 10 nitrogen and oxygen atoms in total. The van der Waals surface area contributed by atoms with Crippen molar-refractivity contribution < 1.29 is 21.6 Å². The van der Waals surface area contributed by atoms with E-state index in [-0.39, 0.29) is 27.3 Å². The van der Waals surface area contributed by atoms with Crippen molar-refractivity contribution in [3.05, 3.63) is 67.0 Å². The van der Waals surface area contributed by atoms with Crippen LogP contribution in [0.3, 0.4) is 0 Å². The molecule has 0 saturated carbocycles. The molecule has 2 aromatic carbocycles. The summed E-state index contributed by atoms with van der Waals surface area (Å²) in [4.78, 5) is 21.0. The zero-order chi connectivity index (χ0) is 22.8. The van der Waals surface area contributed by atoms with Gasteiger partial charge in [-0.05, 0) is 61.0 Å². The molecule has 1 aliphatic heterocycles. The molecule has 32 heavy (non-hydrogen) atoms. The largest absolute Gasteiger partial charge is 0.312 e. The normalized spacial score (nSPS) is 14.4. The Morgan fingerprint density at radius 1 is 0.781 bits per heavy atom. The average Bonchev–Trinajstić information content (AvgIpc) is 3.20. The molecule has 0 atom stereocenters. The Balaban J connectivity index is 1.47. The molecular weight excluding hydrogens is 454 g/mol. The summed E-state index contributed by atoms with van der Waals surface area (Å²) >= 11 is 0. The maximum absolute atomic E-state index is 12.7. The van der Waals surface area contributed by atoms with E-state index in [4.69, 9.17) is 0 Å². The van der Waals surface area contributed by atoms with Gasteiger partial charge in [0.2, 0.25) is 11.9 Å². The fraction of sp³-hybridized carbons (Fsp3) is 0.150. The molecule has 3 aromatic rings. The molecule has 1 fully saturated rings. The van der Waals surface area contributed by atoms with Gasteiger partial charge >= 0.3 is 0 Å². The van der Waals surface area contributed by atoms with Crippen LogP contribution in [0.25, 0.3) is 0 Å². The maximum atomic E-state index is 12.7. The number of hydrogen-bond acceptors (Lipinski definition) is 7. The van der Waals surface area contributed by atoms with Crippen molar-refractivity contribution in [3.8, 4) is 0 Å². The molecule has 166 valence electrons. The van der Waals surface area contributed by atoms with Gasteiger partial charge in [-0.2, -0.15) is 0 Å². The Hall–Kier alpha value is -3.51. The molecule has 0 unspecified atom stereocenters. The number of benzene rings is 2. The molecule has 1 amide bonds. The Morgan fingerprint density at radius 2 is 1.34 bits per heavy atom. The zero-order valence-corrected chi connectivity index (χ0v) is 18.3. The van der Waals surface area contributed by atoms with Gasteiger partial charge in [-0.1, -0.05) is 0 Å². The van der Waals surface area contributed by atoms with Crippen molar-refractivity contribution in [2.24, 2.45) is 0 Å². The fourth-order valence-corrected chi connectivity index (χ4v) is 5.19. The summed E-state index contributed by atoms with van der Waals surface area (Å²) in [5.74, 6) is -0.0570. The number of aromatic nitrogens is 2. The Labute approximate surface area is 185 Å². The predicted molar refractivity (Wildman–Crippen MR) is 118 cm³/mol. The van der Waals surface area contributed by atoms with Gasteiger partial charge in [0.05, 0.1) is 9.79 Å². The number of carbonyl (C=O) groups is 1. The molecular formula is C20H19N5O5S2. The highest BCUT2D eigenvalue weighted by atomic mass is 32.2. The molecule has 0 radical (unpaired) electrons. The Kier molecular flexibility index (Phi) is 5.80. The van der Waals surface area contributed by atoms with E-state index in [1.165, 1.54) is 48.8 Å². The topological polar surface area (TPSA) is 138 Å². The van der Waals surface area contributed by atoms with Crippen LogP contribution in [0.2, 0.25) is 0 Å². The van der Waals surface area contributed by atoms with Crippen LogP contribution in [0, 0.1) is 0 Å². The minimum Gasteiger partial charge on any atom is -0.312 e. The summed E-state index contributed by atoms with van der Waals surface area (Å²) in [5, 5.41) is 0. The molecule has 0 aliphatic carbocycles. The minimum absolute atomic E-state index is 0.0158. The van der Waals surface area contributed by atoms with Crippen LogP contribution in [0.5, 0.6) is 0 Å². The number of nitrogens with zero attached hydrogens (tertiary/aromatic N) is 3. The quantitative estimate of drug-likeness (QED) is 0.536. The number of hydrogen-bond donors (Lipinski definition) is 2. The average molecular weight is 474 g/mol. The summed E-state index contributed by atoms with van der Waals surface area (Å²) in [6.07, 6.45) is 4.07. The van der Waals surface area contributed by atoms with E-state index >= 15 is 0 Å². The predicted octanol–water partition coefficient (Wildman–Crippen LogP) is 2.21. The Bertz CT molecular complexity index is 1330. The van der Waals surface area contributed by atoms with Crippen molar-refractivity contribution in [2.75, 3.05) is 20.9 Å². The first-order valence-electron chi connectivity index (χ1n) is 9.58. The van der Waals surface area contributed by atoms with E-state index in [1.54, 1.807) is 23.1 Å². The van der Waals surface area contributed by atoms with Gasteiger partial charge in [0.25, 0.3) is 20.0 Å². The molecule has 12 heteroatoms. The smallest absolute Gasteiger partial charge is 0.264 e. The van der Waals surface area contributed by atoms with Crippen LogP contribution in [0.1, 0.15) is 12.8 Å². The lowest BCUT2D eigenvalue weighted by atomic mass is 10.3. The monoisotopic (exact) mass is 473 g/mol. The van der Waals surface area contributed by atoms with E-state index < -0.39 is 20.0 Å². The van der Waals surface area contributed by atoms with Crippen LogP contribution < -0.4 is 14.3 Å². The minimum atomic E-state index is -3.93. The van der Waals surface area contributed by atoms with E-state index in [1.807, 2.05) is 0 Å². The van der Waals surface area contributed by atoms with Crippen LogP contribution in [-0.4, -0.2) is 39.3 Å². The van der Waals surface area contributed by atoms with Crippen molar-refractivity contribution in [1.82, 2.24) is 9.97 Å². The molecule has 4 rings (SSSR count). The van der Waals surface area contributed by atoms with Crippen LogP contribution >= 0.6 is 0 Å². The summed E-state index contributed by atoms with van der Waals surface area (Å²) in [7, 11) is -7.83. The lowest BCUT2D eigenvalue weighted by Crippen LogP contribution is -2.23. The third-order valence-electron chi connectivity index (χ3n) is 4.74. The van der Waals surface area contributed by atoms with Crippen molar-refractivity contribution in [3.63, 3.8) is 0 Å². The first kappa shape index (κ1) is 21.7. The fourth-order valence-electron chi connectivity index (χ4n) is 3.17. The number of sulfonamides is 2. The second kappa shape index (κ2) is 8.55. The van der Waals surface area contributed by atoms with Crippen molar-refractivity contribution in [1.29, 1.82) is 0 Å². The molecule has 0 bridgehead atoms. The van der Waals surface area contributed by atoms with Gasteiger partial charge < -0.3 is 4.90 Å². The van der Waals surface area contributed by atoms with E-state index in [2.05, 4.69) is 19.4 Å². The lowest BCUT2D eigenvalue weighted by Gasteiger charge is -2.16. The van der Waals surface area contributed by atoms with Gasteiger partial charge in [0.15, 0.2) is 0 Å². The highest BCUT2D eigenvalue weighted by molar-refractivity contribution is 7.93. The first-order valence-corrected chi connectivity index (χ1v) is 12.5. The summed E-state index contributed by atoms with van der Waals surface area (Å²) in [6, 6.07) is 12.8. The van der Waals surface area contributed by atoms with Crippen molar-refractivity contribution >= 4 is 43.3 Å². The molecule has 1 saturated heterocycles. The molecule has 2 heterocycles. The molecule has 1 aliphatic rings. The number of amides is 1. The van der Waals surface area contributed by atoms with Gasteiger partial charge in [0, 0.05) is 36.7 Å². The van der Waals surface area contributed by atoms with Crippen LogP contribution in [0.15, 0.2) is 76.8 Å². The Morgan fingerprint density at radius 3 is 1.91 bits per heavy atom. The number of rotatable bonds is 7. The maximum Gasteiger partial charge on any atom is 0.264 e. The van der Waals surface area contributed by atoms with Gasteiger partial charge in [-0.3, -0.25) is 9.52 Å². The SMILES string of the molecule is O=C1CCCN1c1ccc(S(=O)(=O)Nc2ccc(S(=O)(=O)Nc3ncccn3)cc2)cc1. The number of anilines is 3. The second-order valence-electron chi connectivity index (χ2n) is 6.95. The standard InChI is InChI=1S/C20H19N5O5S2/c26-19-3-1-14-25(19)16-6-10-18(11-7-16)31(27,28)23-15-4-8-17(9-5-15)32(29,30)24-20-21-12-2-13-22-20/h2,4-13,23H,1,3,14H2,(H,21,22,24). The molecule has 0 spiro atoms. The molecule has 1 aromatic heterocycles. The zero-order valence-electron chi connectivity index (χ0n) is 16.7. The van der Waals surface area contributed by atoms with E-state index in [9.17, 15) is 21.6 Å². The van der Waals surface area contributed by atoms with Crippen molar-refractivity contribution in [2.45, 2.75) is 22.6 Å². The highest BCUT2D eigenvalue weighted by Crippen LogP contribution is 2.24.